The summed E-state index contributed by atoms with van der Waals surface area (Å²) >= 11 is 0. The number of hydrogen-bond acceptors (Lipinski definition) is 5. The minimum Gasteiger partial charge on any atom is -0.444 e. The molecular formula is C29H32N4O3. The number of hydrogen-bond donors (Lipinski definition) is 1. The van der Waals surface area contributed by atoms with Gasteiger partial charge >= 0.3 is 6.09 Å². The highest BCUT2D eigenvalue weighted by molar-refractivity contribution is 6.04. The largest absolute Gasteiger partial charge is 0.444 e. The molecule has 1 heterocycles. The van der Waals surface area contributed by atoms with Gasteiger partial charge < -0.3 is 15.0 Å². The number of rotatable bonds is 7. The molecule has 2 aliphatic carbocycles. The summed E-state index contributed by atoms with van der Waals surface area (Å²) in [5.41, 5.74) is 2.83. The lowest BCUT2D eigenvalue weighted by Crippen LogP contribution is -2.40. The third-order valence-electron chi connectivity index (χ3n) is 6.50. The standard InChI is InChI=1S/C29H32N4O3/c1-29(2,3)36-28(35)33(18-19-5-6-19)25-17-24(25)20-7-9-22(10-8-20)27(34)32-23-13-11-21(12-14-23)26-30-15-4-16-31-26/h4,7-16,19,24-25H,5-6,17-18H2,1-3H3,(H,32,34)/t24-,25+/m0/s1. The molecule has 7 heteroatoms. The van der Waals surface area contributed by atoms with Gasteiger partial charge in [-0.1, -0.05) is 12.1 Å². The second-order valence-corrected chi connectivity index (χ2v) is 10.7. The zero-order valence-electron chi connectivity index (χ0n) is 21.0. The molecule has 7 nitrogen and oxygen atoms in total. The monoisotopic (exact) mass is 484 g/mol. The van der Waals surface area contributed by atoms with Crippen LogP contribution < -0.4 is 5.32 Å². The maximum atomic E-state index is 12.8. The highest BCUT2D eigenvalue weighted by atomic mass is 16.6. The molecule has 36 heavy (non-hydrogen) atoms. The number of benzene rings is 2. The molecule has 2 aromatic carbocycles. The number of nitrogens with one attached hydrogen (secondary N) is 1. The first-order valence-electron chi connectivity index (χ1n) is 12.6. The van der Waals surface area contributed by atoms with Crippen LogP contribution in [0, 0.1) is 5.92 Å². The van der Waals surface area contributed by atoms with E-state index in [9.17, 15) is 9.59 Å². The number of anilines is 1. The van der Waals surface area contributed by atoms with E-state index in [1.165, 1.54) is 12.8 Å². The van der Waals surface area contributed by atoms with Gasteiger partial charge in [-0.3, -0.25) is 4.79 Å². The van der Waals surface area contributed by atoms with Gasteiger partial charge in [0.1, 0.15) is 5.60 Å². The lowest BCUT2D eigenvalue weighted by atomic mass is 10.1. The molecule has 186 valence electrons. The van der Waals surface area contributed by atoms with E-state index in [2.05, 4.69) is 15.3 Å². The Hall–Kier alpha value is -3.74. The Morgan fingerprint density at radius 3 is 2.28 bits per heavy atom. The van der Waals surface area contributed by atoms with Crippen LogP contribution in [0.1, 0.15) is 61.9 Å². The van der Waals surface area contributed by atoms with Crippen LogP contribution in [0.15, 0.2) is 67.0 Å². The van der Waals surface area contributed by atoms with Crippen LogP contribution in [0.25, 0.3) is 11.4 Å². The smallest absolute Gasteiger partial charge is 0.410 e. The summed E-state index contributed by atoms with van der Waals surface area (Å²) in [7, 11) is 0. The van der Waals surface area contributed by atoms with E-state index in [-0.39, 0.29) is 24.0 Å². The highest BCUT2D eigenvalue weighted by Gasteiger charge is 2.47. The summed E-state index contributed by atoms with van der Waals surface area (Å²) in [4.78, 5) is 36.0. The van der Waals surface area contributed by atoms with Crippen LogP contribution in [-0.2, 0) is 4.74 Å². The molecule has 2 aliphatic rings. The number of carbonyl (C=O) groups excluding carboxylic acids is 2. The fourth-order valence-corrected chi connectivity index (χ4v) is 4.36. The van der Waals surface area contributed by atoms with E-state index in [1.54, 1.807) is 18.5 Å². The van der Waals surface area contributed by atoms with E-state index in [4.69, 9.17) is 4.74 Å². The number of amides is 2. The molecule has 0 spiro atoms. The van der Waals surface area contributed by atoms with Crippen molar-refractivity contribution in [2.75, 3.05) is 11.9 Å². The zero-order chi connectivity index (χ0) is 25.3. The summed E-state index contributed by atoms with van der Waals surface area (Å²) in [6.07, 6.45) is 6.48. The zero-order valence-corrected chi connectivity index (χ0v) is 21.0. The van der Waals surface area contributed by atoms with Gasteiger partial charge in [0.2, 0.25) is 0 Å². The van der Waals surface area contributed by atoms with E-state index < -0.39 is 5.60 Å². The maximum Gasteiger partial charge on any atom is 0.410 e. The van der Waals surface area contributed by atoms with E-state index in [0.717, 1.165) is 24.1 Å². The van der Waals surface area contributed by atoms with Gasteiger partial charge in [-0.2, -0.15) is 0 Å². The highest BCUT2D eigenvalue weighted by Crippen LogP contribution is 2.46. The number of aromatic nitrogens is 2. The summed E-state index contributed by atoms with van der Waals surface area (Å²) in [5, 5.41) is 2.94. The van der Waals surface area contributed by atoms with Crippen LogP contribution >= 0.6 is 0 Å². The van der Waals surface area contributed by atoms with E-state index in [0.29, 0.717) is 23.0 Å². The Morgan fingerprint density at radius 2 is 1.67 bits per heavy atom. The Kier molecular flexibility index (Phi) is 6.48. The SMILES string of the molecule is CC(C)(C)OC(=O)N(CC1CC1)[C@@H]1C[C@H]1c1ccc(C(=O)Nc2ccc(-c3ncccn3)cc2)cc1. The summed E-state index contributed by atoms with van der Waals surface area (Å²) in [6.45, 7) is 6.48. The molecule has 0 radical (unpaired) electrons. The molecule has 0 unspecified atom stereocenters. The lowest BCUT2D eigenvalue weighted by molar-refractivity contribution is 0.0220. The van der Waals surface area contributed by atoms with Crippen molar-refractivity contribution in [2.45, 2.75) is 57.6 Å². The van der Waals surface area contributed by atoms with Gasteiger partial charge in [-0.05, 0) is 94.0 Å². The number of ether oxygens (including phenoxy) is 1. The Labute approximate surface area is 211 Å². The first-order valence-corrected chi connectivity index (χ1v) is 12.6. The van der Waals surface area contributed by atoms with Gasteiger partial charge in [-0.15, -0.1) is 0 Å². The normalized spacial score (nSPS) is 18.9. The van der Waals surface area contributed by atoms with Crippen LogP contribution in [-0.4, -0.2) is 45.1 Å². The van der Waals surface area contributed by atoms with Gasteiger partial charge in [-0.25, -0.2) is 14.8 Å². The lowest BCUT2D eigenvalue weighted by Gasteiger charge is -2.28. The third kappa shape index (κ3) is 5.90. The van der Waals surface area contributed by atoms with Gasteiger partial charge in [0.25, 0.3) is 5.91 Å². The van der Waals surface area contributed by atoms with Crippen molar-refractivity contribution in [3.63, 3.8) is 0 Å². The molecule has 0 bridgehead atoms. The Morgan fingerprint density at radius 1 is 1.00 bits per heavy atom. The quantitative estimate of drug-likeness (QED) is 0.451. The molecule has 3 aromatic rings. The molecule has 2 amide bonds. The van der Waals surface area contributed by atoms with Crippen molar-refractivity contribution in [3.8, 4) is 11.4 Å². The summed E-state index contributed by atoms with van der Waals surface area (Å²) in [6, 6.07) is 17.1. The topological polar surface area (TPSA) is 84.4 Å². The Bertz CT molecular complexity index is 1220. The Balaban J connectivity index is 1.20. The fraction of sp³-hybridized carbons (Fsp3) is 0.379. The minimum atomic E-state index is -0.506. The average molecular weight is 485 g/mol. The second kappa shape index (κ2) is 9.72. The fourth-order valence-electron chi connectivity index (χ4n) is 4.36. The van der Waals surface area contributed by atoms with Crippen LogP contribution in [0.2, 0.25) is 0 Å². The van der Waals surface area contributed by atoms with Gasteiger partial charge in [0, 0.05) is 47.7 Å². The predicted molar refractivity (Wildman–Crippen MR) is 139 cm³/mol. The number of carbonyl (C=O) groups is 2. The van der Waals surface area contributed by atoms with E-state index >= 15 is 0 Å². The minimum absolute atomic E-state index is 0.159. The maximum absolute atomic E-state index is 12.8. The average Bonchev–Trinajstić information content (AvgIpc) is 3.78. The van der Waals surface area contributed by atoms with Crippen molar-refractivity contribution in [1.29, 1.82) is 0 Å². The molecule has 1 N–H and O–H groups in total. The van der Waals surface area contributed by atoms with Gasteiger partial charge in [0.15, 0.2) is 5.82 Å². The molecule has 0 aliphatic heterocycles. The predicted octanol–water partition coefficient (Wildman–Crippen LogP) is 5.90. The van der Waals surface area contributed by atoms with Crippen molar-refractivity contribution in [3.05, 3.63) is 78.1 Å². The molecule has 5 rings (SSSR count). The van der Waals surface area contributed by atoms with Crippen molar-refractivity contribution >= 4 is 17.7 Å². The first kappa shape index (κ1) is 24.0. The molecule has 2 fully saturated rings. The third-order valence-corrected chi connectivity index (χ3v) is 6.50. The van der Waals surface area contributed by atoms with E-state index in [1.807, 2.05) is 74.2 Å². The molecule has 0 saturated heterocycles. The summed E-state index contributed by atoms with van der Waals surface area (Å²) < 4.78 is 5.68. The number of nitrogens with zero attached hydrogens (tertiary/aromatic N) is 3. The van der Waals surface area contributed by atoms with Crippen LogP contribution in [0.3, 0.4) is 0 Å². The van der Waals surface area contributed by atoms with Crippen LogP contribution in [0.4, 0.5) is 10.5 Å². The molecule has 2 saturated carbocycles. The molecule has 2 atom stereocenters. The van der Waals surface area contributed by atoms with Crippen LogP contribution in [0.5, 0.6) is 0 Å². The van der Waals surface area contributed by atoms with Gasteiger partial charge in [0.05, 0.1) is 0 Å². The molecule has 1 aromatic heterocycles. The molecular weight excluding hydrogens is 452 g/mol. The van der Waals surface area contributed by atoms with Crippen molar-refractivity contribution < 1.29 is 14.3 Å². The van der Waals surface area contributed by atoms with Crippen molar-refractivity contribution in [2.24, 2.45) is 5.92 Å². The second-order valence-electron chi connectivity index (χ2n) is 10.7. The van der Waals surface area contributed by atoms with Crippen molar-refractivity contribution in [1.82, 2.24) is 14.9 Å². The summed E-state index contributed by atoms with van der Waals surface area (Å²) in [5.74, 6) is 1.36. The first-order chi connectivity index (χ1) is 17.3.